The summed E-state index contributed by atoms with van der Waals surface area (Å²) >= 11 is 0. The van der Waals surface area contributed by atoms with Gasteiger partial charge in [0.15, 0.2) is 0 Å². The quantitative estimate of drug-likeness (QED) is 0.830. The zero-order valence-corrected chi connectivity index (χ0v) is 15.1. The zero-order valence-electron chi connectivity index (χ0n) is 15.1. The van der Waals surface area contributed by atoms with Crippen LogP contribution in [-0.4, -0.2) is 52.0 Å². The van der Waals surface area contributed by atoms with E-state index in [4.69, 9.17) is 0 Å². The monoisotopic (exact) mass is 353 g/mol. The number of nitrogens with zero attached hydrogens (tertiary/aromatic N) is 3. The van der Waals surface area contributed by atoms with E-state index in [1.807, 2.05) is 54.7 Å². The lowest BCUT2D eigenvalue weighted by molar-refractivity contribution is -0.138. The summed E-state index contributed by atoms with van der Waals surface area (Å²) in [6, 6.07) is 15.9. The molecule has 0 spiro atoms. The number of aromatic nitrogens is 1. The SMILES string of the molecule is O=C(C1CCN(Cc2ccccn2)CC1)N(CCO)Cc1ccccc1. The van der Waals surface area contributed by atoms with Gasteiger partial charge in [-0.25, -0.2) is 0 Å². The lowest BCUT2D eigenvalue weighted by Crippen LogP contribution is -2.43. The molecule has 3 rings (SSSR count). The maximum Gasteiger partial charge on any atom is 0.226 e. The van der Waals surface area contributed by atoms with Crippen LogP contribution in [-0.2, 0) is 17.9 Å². The van der Waals surface area contributed by atoms with E-state index in [9.17, 15) is 9.90 Å². The number of benzene rings is 1. The minimum absolute atomic E-state index is 0.00288. The number of pyridine rings is 1. The number of piperidine rings is 1. The fourth-order valence-corrected chi connectivity index (χ4v) is 3.51. The largest absolute Gasteiger partial charge is 0.395 e. The number of carbonyl (C=O) groups is 1. The Kier molecular flexibility index (Phi) is 6.75. The first-order valence-electron chi connectivity index (χ1n) is 9.32. The minimum atomic E-state index is -0.00288. The third kappa shape index (κ3) is 5.13. The van der Waals surface area contributed by atoms with Crippen molar-refractivity contribution in [3.63, 3.8) is 0 Å². The van der Waals surface area contributed by atoms with Crippen molar-refractivity contribution in [2.24, 2.45) is 5.92 Å². The summed E-state index contributed by atoms with van der Waals surface area (Å²) < 4.78 is 0. The molecule has 1 amide bonds. The van der Waals surface area contributed by atoms with E-state index in [1.165, 1.54) is 0 Å². The van der Waals surface area contributed by atoms with Crippen LogP contribution in [0.25, 0.3) is 0 Å². The molecule has 0 aliphatic carbocycles. The lowest BCUT2D eigenvalue weighted by atomic mass is 9.95. The van der Waals surface area contributed by atoms with Crippen LogP contribution in [0.3, 0.4) is 0 Å². The fraction of sp³-hybridized carbons (Fsp3) is 0.429. The molecule has 5 heteroatoms. The maximum atomic E-state index is 12.9. The molecule has 1 aromatic heterocycles. The van der Waals surface area contributed by atoms with Crippen molar-refractivity contribution in [2.45, 2.75) is 25.9 Å². The van der Waals surface area contributed by atoms with E-state index in [2.05, 4.69) is 9.88 Å². The van der Waals surface area contributed by atoms with Crippen LogP contribution in [0.4, 0.5) is 0 Å². The molecule has 0 atom stereocenters. The van der Waals surface area contributed by atoms with Crippen LogP contribution in [0.15, 0.2) is 54.7 Å². The molecule has 1 fully saturated rings. The molecule has 2 aromatic rings. The Morgan fingerprint density at radius 1 is 1.12 bits per heavy atom. The third-order valence-corrected chi connectivity index (χ3v) is 4.95. The molecule has 1 saturated heterocycles. The number of aliphatic hydroxyl groups is 1. The van der Waals surface area contributed by atoms with Crippen LogP contribution in [0.5, 0.6) is 0 Å². The first-order chi connectivity index (χ1) is 12.8. The Hall–Kier alpha value is -2.24. The molecule has 1 aromatic carbocycles. The molecule has 1 aliphatic heterocycles. The average molecular weight is 353 g/mol. The number of rotatable bonds is 7. The van der Waals surface area contributed by atoms with Gasteiger partial charge in [-0.15, -0.1) is 0 Å². The van der Waals surface area contributed by atoms with E-state index < -0.39 is 0 Å². The number of carbonyl (C=O) groups excluding carboxylic acids is 1. The van der Waals surface area contributed by atoms with Crippen molar-refractivity contribution >= 4 is 5.91 Å². The highest BCUT2D eigenvalue weighted by atomic mass is 16.3. The van der Waals surface area contributed by atoms with Gasteiger partial charge in [-0.3, -0.25) is 14.7 Å². The van der Waals surface area contributed by atoms with Gasteiger partial charge in [0.2, 0.25) is 5.91 Å². The number of likely N-dealkylation sites (tertiary alicyclic amines) is 1. The second-order valence-corrected chi connectivity index (χ2v) is 6.84. The van der Waals surface area contributed by atoms with Crippen molar-refractivity contribution in [2.75, 3.05) is 26.2 Å². The maximum absolute atomic E-state index is 12.9. The predicted molar refractivity (Wildman–Crippen MR) is 101 cm³/mol. The molecular weight excluding hydrogens is 326 g/mol. The van der Waals surface area contributed by atoms with Gasteiger partial charge in [-0.05, 0) is 43.6 Å². The number of hydrogen-bond donors (Lipinski definition) is 1. The van der Waals surface area contributed by atoms with E-state index in [0.717, 1.165) is 43.7 Å². The lowest BCUT2D eigenvalue weighted by Gasteiger charge is -2.34. The topological polar surface area (TPSA) is 56.7 Å². The van der Waals surface area contributed by atoms with Crippen molar-refractivity contribution in [3.8, 4) is 0 Å². The van der Waals surface area contributed by atoms with Gasteiger partial charge >= 0.3 is 0 Å². The highest BCUT2D eigenvalue weighted by Gasteiger charge is 2.28. The van der Waals surface area contributed by atoms with Gasteiger partial charge in [0.25, 0.3) is 0 Å². The highest BCUT2D eigenvalue weighted by molar-refractivity contribution is 5.79. The zero-order chi connectivity index (χ0) is 18.2. The summed E-state index contributed by atoms with van der Waals surface area (Å²) in [6.45, 7) is 3.61. The Balaban J connectivity index is 1.54. The average Bonchev–Trinajstić information content (AvgIpc) is 2.69. The molecule has 0 unspecified atom stereocenters. The molecule has 2 heterocycles. The van der Waals surface area contributed by atoms with Gasteiger partial charge in [0.1, 0.15) is 0 Å². The van der Waals surface area contributed by atoms with Crippen LogP contribution in [0.2, 0.25) is 0 Å². The Morgan fingerprint density at radius 2 is 1.85 bits per heavy atom. The smallest absolute Gasteiger partial charge is 0.226 e. The van der Waals surface area contributed by atoms with Crippen LogP contribution >= 0.6 is 0 Å². The highest BCUT2D eigenvalue weighted by Crippen LogP contribution is 2.22. The van der Waals surface area contributed by atoms with Gasteiger partial charge < -0.3 is 10.0 Å². The van der Waals surface area contributed by atoms with E-state index in [-0.39, 0.29) is 18.4 Å². The molecule has 1 N–H and O–H groups in total. The fourth-order valence-electron chi connectivity index (χ4n) is 3.51. The van der Waals surface area contributed by atoms with Gasteiger partial charge in [-0.1, -0.05) is 36.4 Å². The molecule has 5 nitrogen and oxygen atoms in total. The summed E-state index contributed by atoms with van der Waals surface area (Å²) in [5.74, 6) is 0.214. The summed E-state index contributed by atoms with van der Waals surface area (Å²) in [5.41, 5.74) is 2.17. The van der Waals surface area contributed by atoms with E-state index in [1.54, 1.807) is 4.90 Å². The standard InChI is InChI=1S/C21H27N3O2/c25-15-14-24(16-18-6-2-1-3-7-18)21(26)19-9-12-23(13-10-19)17-20-8-4-5-11-22-20/h1-8,11,19,25H,9-10,12-17H2. The Bertz CT molecular complexity index is 670. The van der Waals surface area contributed by atoms with Gasteiger partial charge in [0.05, 0.1) is 12.3 Å². The first-order valence-corrected chi connectivity index (χ1v) is 9.32. The normalized spacial score (nSPS) is 15.7. The Labute approximate surface area is 155 Å². The molecule has 138 valence electrons. The second-order valence-electron chi connectivity index (χ2n) is 6.84. The van der Waals surface area contributed by atoms with Crippen LogP contribution < -0.4 is 0 Å². The molecule has 0 saturated carbocycles. The number of amides is 1. The van der Waals surface area contributed by atoms with Gasteiger partial charge in [-0.2, -0.15) is 0 Å². The van der Waals surface area contributed by atoms with Crippen molar-refractivity contribution in [3.05, 3.63) is 66.0 Å². The molecular formula is C21H27N3O2. The number of aliphatic hydroxyl groups excluding tert-OH is 1. The van der Waals surface area contributed by atoms with Crippen molar-refractivity contribution in [1.82, 2.24) is 14.8 Å². The van der Waals surface area contributed by atoms with Crippen molar-refractivity contribution < 1.29 is 9.90 Å². The number of hydrogen-bond acceptors (Lipinski definition) is 4. The van der Waals surface area contributed by atoms with E-state index in [0.29, 0.717) is 13.1 Å². The summed E-state index contributed by atoms with van der Waals surface area (Å²) in [6.07, 6.45) is 3.55. The molecule has 0 radical (unpaired) electrons. The van der Waals surface area contributed by atoms with Crippen molar-refractivity contribution in [1.29, 1.82) is 0 Å². The summed E-state index contributed by atoms with van der Waals surface area (Å²) in [7, 11) is 0. The summed E-state index contributed by atoms with van der Waals surface area (Å²) in [5, 5.41) is 9.36. The predicted octanol–water partition coefficient (Wildman–Crippen LogP) is 2.31. The molecule has 1 aliphatic rings. The second kappa shape index (κ2) is 9.46. The van der Waals surface area contributed by atoms with Gasteiger partial charge in [0, 0.05) is 31.7 Å². The van der Waals surface area contributed by atoms with Crippen LogP contribution in [0, 0.1) is 5.92 Å². The minimum Gasteiger partial charge on any atom is -0.395 e. The molecule has 0 bridgehead atoms. The van der Waals surface area contributed by atoms with Crippen LogP contribution in [0.1, 0.15) is 24.1 Å². The summed E-state index contributed by atoms with van der Waals surface area (Å²) in [4.78, 5) is 21.5. The van der Waals surface area contributed by atoms with E-state index >= 15 is 0 Å². The Morgan fingerprint density at radius 3 is 2.50 bits per heavy atom. The molecule has 26 heavy (non-hydrogen) atoms. The third-order valence-electron chi connectivity index (χ3n) is 4.95. The first kappa shape index (κ1) is 18.5.